The highest BCUT2D eigenvalue weighted by Crippen LogP contribution is 2.27. The van der Waals surface area contributed by atoms with Gasteiger partial charge in [-0.05, 0) is 11.1 Å². The highest BCUT2D eigenvalue weighted by Gasteiger charge is 2.45. The van der Waals surface area contributed by atoms with Crippen LogP contribution in [0, 0.1) is 0 Å². The van der Waals surface area contributed by atoms with Gasteiger partial charge in [-0.2, -0.15) is 4.98 Å². The molecule has 10 nitrogen and oxygen atoms in total. The Morgan fingerprint density at radius 1 is 1.12 bits per heavy atom. The first-order valence-corrected chi connectivity index (χ1v) is 10.8. The van der Waals surface area contributed by atoms with E-state index in [9.17, 15) is 19.2 Å². The van der Waals surface area contributed by atoms with Gasteiger partial charge in [0.2, 0.25) is 11.8 Å². The first-order chi connectivity index (χ1) is 15.9. The zero-order valence-corrected chi connectivity index (χ0v) is 18.0. The summed E-state index contributed by atoms with van der Waals surface area (Å²) in [6.45, 7) is 0. The van der Waals surface area contributed by atoms with E-state index in [1.54, 1.807) is 54.6 Å². The Bertz CT molecular complexity index is 1180. The standard InChI is InChI=1S/C22H19N5O5S/c23-20(30)32-16-12-33-21(24-16)26-18(28)15(11-13-7-3-1-4-8-13)27-19(29)17(25-22(27)31)14-9-5-2-6-10-14/h1-10,12,15,17H,11H2,(H2,23,30)(H,25,31)(H,24,26,28)/t15-,17?/m0/s1. The molecule has 5 amide bonds. The Labute approximate surface area is 192 Å². The number of ether oxygens (including phenoxy) is 1. The third-order valence-electron chi connectivity index (χ3n) is 4.91. The molecule has 4 rings (SSSR count). The molecule has 4 N–H and O–H groups in total. The van der Waals surface area contributed by atoms with Crippen molar-refractivity contribution >= 4 is 40.4 Å². The number of nitrogens with one attached hydrogen (secondary N) is 2. The first-order valence-electron chi connectivity index (χ1n) is 9.88. The number of nitrogens with zero attached hydrogens (tertiary/aromatic N) is 2. The second kappa shape index (κ2) is 9.49. The van der Waals surface area contributed by atoms with Crippen molar-refractivity contribution in [2.24, 2.45) is 5.73 Å². The van der Waals surface area contributed by atoms with E-state index in [0.29, 0.717) is 5.56 Å². The number of hydrogen-bond donors (Lipinski definition) is 3. The zero-order chi connectivity index (χ0) is 23.4. The molecule has 1 unspecified atom stereocenters. The average molecular weight is 465 g/mol. The van der Waals surface area contributed by atoms with Gasteiger partial charge in [0, 0.05) is 6.42 Å². The SMILES string of the molecule is NC(=O)Oc1csc(NC(=O)[C@H](Cc2ccccc2)N2C(=O)NC(c3ccccc3)C2=O)n1. The summed E-state index contributed by atoms with van der Waals surface area (Å²) >= 11 is 1.01. The number of carbonyl (C=O) groups is 4. The van der Waals surface area contributed by atoms with Crippen molar-refractivity contribution < 1.29 is 23.9 Å². The molecule has 2 heterocycles. The molecule has 1 fully saturated rings. The third-order valence-corrected chi connectivity index (χ3v) is 5.64. The average Bonchev–Trinajstić information content (AvgIpc) is 3.36. The van der Waals surface area contributed by atoms with Crippen LogP contribution in [0.5, 0.6) is 5.88 Å². The molecule has 0 saturated carbocycles. The topological polar surface area (TPSA) is 144 Å². The van der Waals surface area contributed by atoms with Crippen molar-refractivity contribution in [2.45, 2.75) is 18.5 Å². The van der Waals surface area contributed by atoms with Gasteiger partial charge in [-0.3, -0.25) is 9.59 Å². The molecule has 0 aliphatic carbocycles. The Kier molecular flexibility index (Phi) is 6.31. The molecule has 3 aromatic rings. The molecule has 1 aliphatic heterocycles. The number of thiazole rings is 1. The Morgan fingerprint density at radius 2 is 1.79 bits per heavy atom. The van der Waals surface area contributed by atoms with Crippen molar-refractivity contribution in [1.29, 1.82) is 0 Å². The highest BCUT2D eigenvalue weighted by atomic mass is 32.1. The minimum absolute atomic E-state index is 0.0680. The summed E-state index contributed by atoms with van der Waals surface area (Å²) in [4.78, 5) is 55.0. The minimum atomic E-state index is -1.14. The van der Waals surface area contributed by atoms with Gasteiger partial charge in [0.1, 0.15) is 12.1 Å². The van der Waals surface area contributed by atoms with E-state index in [1.807, 2.05) is 6.07 Å². The number of imide groups is 1. The van der Waals surface area contributed by atoms with Crippen molar-refractivity contribution in [2.75, 3.05) is 5.32 Å². The third kappa shape index (κ3) is 4.99. The molecule has 0 radical (unpaired) electrons. The smallest absolute Gasteiger partial charge is 0.390 e. The van der Waals surface area contributed by atoms with Crippen molar-refractivity contribution in [1.82, 2.24) is 15.2 Å². The predicted molar refractivity (Wildman–Crippen MR) is 119 cm³/mol. The fraction of sp³-hybridized carbons (Fsp3) is 0.136. The second-order valence-corrected chi connectivity index (χ2v) is 7.97. The highest BCUT2D eigenvalue weighted by molar-refractivity contribution is 7.14. The summed E-state index contributed by atoms with van der Waals surface area (Å²) < 4.78 is 4.69. The van der Waals surface area contributed by atoms with Crippen LogP contribution in [-0.2, 0) is 16.0 Å². The number of anilines is 1. The molecule has 168 valence electrons. The van der Waals surface area contributed by atoms with Crippen LogP contribution in [-0.4, -0.2) is 39.9 Å². The molecule has 0 spiro atoms. The van der Waals surface area contributed by atoms with E-state index in [0.717, 1.165) is 21.8 Å². The number of hydrogen-bond acceptors (Lipinski definition) is 7. The number of carbonyl (C=O) groups excluding carboxylic acids is 4. The summed E-state index contributed by atoms with van der Waals surface area (Å²) in [5, 5.41) is 6.77. The summed E-state index contributed by atoms with van der Waals surface area (Å²) in [6.07, 6.45) is -0.935. The molecule has 1 saturated heterocycles. The van der Waals surface area contributed by atoms with Crippen LogP contribution < -0.4 is 21.1 Å². The lowest BCUT2D eigenvalue weighted by Gasteiger charge is -2.24. The second-order valence-electron chi connectivity index (χ2n) is 7.11. The first kappa shape index (κ1) is 22.0. The van der Waals surface area contributed by atoms with Gasteiger partial charge >= 0.3 is 12.1 Å². The number of urea groups is 1. The lowest BCUT2D eigenvalue weighted by molar-refractivity contribution is -0.134. The van der Waals surface area contributed by atoms with Gasteiger partial charge in [0.15, 0.2) is 5.13 Å². The maximum Gasteiger partial charge on any atom is 0.411 e. The summed E-state index contributed by atoms with van der Waals surface area (Å²) in [5.41, 5.74) is 6.35. The van der Waals surface area contributed by atoms with Crippen molar-refractivity contribution in [3.8, 4) is 5.88 Å². The number of primary amides is 1. The van der Waals surface area contributed by atoms with E-state index >= 15 is 0 Å². The number of benzene rings is 2. The van der Waals surface area contributed by atoms with Crippen LogP contribution in [0.25, 0.3) is 0 Å². The van der Waals surface area contributed by atoms with Gasteiger partial charge in [-0.25, -0.2) is 14.5 Å². The van der Waals surface area contributed by atoms with E-state index in [-0.39, 0.29) is 17.4 Å². The van der Waals surface area contributed by atoms with Gasteiger partial charge < -0.3 is 21.1 Å². The minimum Gasteiger partial charge on any atom is -0.390 e. The fourth-order valence-electron chi connectivity index (χ4n) is 3.45. The van der Waals surface area contributed by atoms with Crippen LogP contribution in [0.15, 0.2) is 66.0 Å². The van der Waals surface area contributed by atoms with Gasteiger partial charge in [0.25, 0.3) is 5.91 Å². The molecule has 2 aromatic carbocycles. The largest absolute Gasteiger partial charge is 0.411 e. The number of rotatable bonds is 7. The summed E-state index contributed by atoms with van der Waals surface area (Å²) in [5.74, 6) is -1.21. The summed E-state index contributed by atoms with van der Waals surface area (Å²) in [6, 6.07) is 15.1. The van der Waals surface area contributed by atoms with E-state index in [4.69, 9.17) is 5.73 Å². The number of amides is 5. The van der Waals surface area contributed by atoms with Gasteiger partial charge in [-0.1, -0.05) is 60.7 Å². The summed E-state index contributed by atoms with van der Waals surface area (Å²) in [7, 11) is 0. The predicted octanol–water partition coefficient (Wildman–Crippen LogP) is 2.44. The van der Waals surface area contributed by atoms with Crippen molar-refractivity contribution in [3.63, 3.8) is 0 Å². The maximum atomic E-state index is 13.2. The lowest BCUT2D eigenvalue weighted by Crippen LogP contribution is -2.49. The monoisotopic (exact) mass is 465 g/mol. The van der Waals surface area contributed by atoms with Crippen LogP contribution in [0.2, 0.25) is 0 Å². The fourth-order valence-corrected chi connectivity index (χ4v) is 4.07. The van der Waals surface area contributed by atoms with Crippen LogP contribution in [0.3, 0.4) is 0 Å². The molecule has 33 heavy (non-hydrogen) atoms. The quantitative estimate of drug-likeness (QED) is 0.457. The Hall–Kier alpha value is -4.25. The van der Waals surface area contributed by atoms with E-state index in [1.165, 1.54) is 5.38 Å². The number of nitrogens with two attached hydrogens (primary N) is 1. The van der Waals surface area contributed by atoms with Crippen LogP contribution in [0.4, 0.5) is 14.7 Å². The van der Waals surface area contributed by atoms with E-state index in [2.05, 4.69) is 20.4 Å². The molecular formula is C22H19N5O5S. The molecule has 2 atom stereocenters. The molecule has 0 bridgehead atoms. The maximum absolute atomic E-state index is 13.2. The Morgan fingerprint density at radius 3 is 2.45 bits per heavy atom. The van der Waals surface area contributed by atoms with Gasteiger partial charge in [0.05, 0.1) is 5.38 Å². The normalized spacial score (nSPS) is 16.2. The molecule has 11 heteroatoms. The van der Waals surface area contributed by atoms with Crippen LogP contribution in [0.1, 0.15) is 17.2 Å². The molecule has 1 aliphatic rings. The van der Waals surface area contributed by atoms with Crippen molar-refractivity contribution in [3.05, 3.63) is 77.2 Å². The Balaban J connectivity index is 1.60. The lowest BCUT2D eigenvalue weighted by atomic mass is 10.0. The van der Waals surface area contributed by atoms with Gasteiger partial charge in [-0.15, -0.1) is 11.3 Å². The number of aromatic nitrogens is 1. The zero-order valence-electron chi connectivity index (χ0n) is 17.1. The van der Waals surface area contributed by atoms with Crippen LogP contribution >= 0.6 is 11.3 Å². The van der Waals surface area contributed by atoms with E-state index < -0.39 is 36.0 Å². The molecule has 1 aromatic heterocycles. The molecular weight excluding hydrogens is 446 g/mol.